The molecule has 1 heterocycles. The van der Waals surface area contributed by atoms with Crippen molar-refractivity contribution in [1.29, 1.82) is 0 Å². The Bertz CT molecular complexity index is 122. The second-order valence-corrected chi connectivity index (χ2v) is 3.18. The summed E-state index contributed by atoms with van der Waals surface area (Å²) >= 11 is 0. The van der Waals surface area contributed by atoms with E-state index in [1.165, 1.54) is 0 Å². The van der Waals surface area contributed by atoms with E-state index >= 15 is 0 Å². The van der Waals surface area contributed by atoms with Gasteiger partial charge >= 0.3 is 0 Å². The molecule has 4 N–H and O–H groups in total. The Labute approximate surface area is 78.0 Å². The number of halogens is 1. The van der Waals surface area contributed by atoms with E-state index in [0.717, 1.165) is 0 Å². The van der Waals surface area contributed by atoms with Gasteiger partial charge in [0.25, 0.3) is 0 Å². The first-order valence-corrected chi connectivity index (χ1v) is 3.88. The van der Waals surface area contributed by atoms with Crippen molar-refractivity contribution in [2.45, 2.75) is 25.2 Å². The van der Waals surface area contributed by atoms with Crippen molar-refractivity contribution < 1.29 is 15.3 Å². The summed E-state index contributed by atoms with van der Waals surface area (Å²) in [7, 11) is 0. The second kappa shape index (κ2) is 4.99. The molecule has 12 heavy (non-hydrogen) atoms. The molecule has 0 unspecified atom stereocenters. The summed E-state index contributed by atoms with van der Waals surface area (Å²) in [5.74, 6) is -0.0119. The SMILES string of the molecule is C[C@@H]1CNC[C@H](O)[C@@H](O)[C@@H]1O.Cl. The number of aliphatic hydroxyl groups is 3. The van der Waals surface area contributed by atoms with Crippen LogP contribution < -0.4 is 5.32 Å². The fourth-order valence-electron chi connectivity index (χ4n) is 1.26. The van der Waals surface area contributed by atoms with Crippen LogP contribution in [0.15, 0.2) is 0 Å². The van der Waals surface area contributed by atoms with Gasteiger partial charge < -0.3 is 20.6 Å². The largest absolute Gasteiger partial charge is 0.390 e. The summed E-state index contributed by atoms with van der Waals surface area (Å²) in [5, 5.41) is 30.7. The minimum atomic E-state index is -1.01. The average Bonchev–Trinajstić information content (AvgIpc) is 2.07. The molecule has 0 aromatic heterocycles. The lowest BCUT2D eigenvalue weighted by Gasteiger charge is -2.21. The summed E-state index contributed by atoms with van der Waals surface area (Å²) in [6, 6.07) is 0. The third kappa shape index (κ3) is 2.57. The molecule has 0 aliphatic carbocycles. The molecule has 74 valence electrons. The van der Waals surface area contributed by atoms with Gasteiger partial charge in [0.15, 0.2) is 0 Å². The first-order chi connectivity index (χ1) is 5.13. The average molecular weight is 198 g/mol. The van der Waals surface area contributed by atoms with Gasteiger partial charge in [0.2, 0.25) is 0 Å². The number of nitrogens with one attached hydrogen (secondary N) is 1. The first kappa shape index (κ1) is 12.1. The van der Waals surface area contributed by atoms with Gasteiger partial charge in [-0.2, -0.15) is 0 Å². The van der Waals surface area contributed by atoms with E-state index in [4.69, 9.17) is 0 Å². The van der Waals surface area contributed by atoms with E-state index in [0.29, 0.717) is 13.1 Å². The maximum absolute atomic E-state index is 9.35. The molecular weight excluding hydrogens is 182 g/mol. The Balaban J connectivity index is 0.00000121. The van der Waals surface area contributed by atoms with Crippen molar-refractivity contribution in [2.24, 2.45) is 5.92 Å². The van der Waals surface area contributed by atoms with Crippen molar-refractivity contribution in [3.63, 3.8) is 0 Å². The lowest BCUT2D eigenvalue weighted by Crippen LogP contribution is -2.40. The standard InChI is InChI=1S/C7H15NO3.ClH/c1-4-2-8-3-5(9)7(11)6(4)10;/h4-11H,2-3H2,1H3;1H/t4-,5+,6-,7-;/m1./s1. The normalized spacial score (nSPS) is 43.0. The molecule has 1 fully saturated rings. The molecule has 1 aliphatic rings. The van der Waals surface area contributed by atoms with Crippen molar-refractivity contribution in [2.75, 3.05) is 13.1 Å². The molecule has 0 aromatic carbocycles. The highest BCUT2D eigenvalue weighted by molar-refractivity contribution is 5.85. The minimum Gasteiger partial charge on any atom is -0.390 e. The van der Waals surface area contributed by atoms with E-state index in [2.05, 4.69) is 5.32 Å². The van der Waals surface area contributed by atoms with Crippen molar-refractivity contribution in [3.8, 4) is 0 Å². The Morgan fingerprint density at radius 1 is 1.08 bits per heavy atom. The predicted molar refractivity (Wildman–Crippen MR) is 47.3 cm³/mol. The Morgan fingerprint density at radius 2 is 1.67 bits per heavy atom. The fraction of sp³-hybridized carbons (Fsp3) is 1.00. The van der Waals surface area contributed by atoms with Gasteiger partial charge in [-0.25, -0.2) is 0 Å². The van der Waals surface area contributed by atoms with Gasteiger partial charge in [0, 0.05) is 13.1 Å². The number of aliphatic hydroxyl groups excluding tert-OH is 3. The molecule has 5 heteroatoms. The van der Waals surface area contributed by atoms with Gasteiger partial charge in [-0.1, -0.05) is 6.92 Å². The maximum atomic E-state index is 9.35. The molecule has 1 rings (SSSR count). The third-order valence-corrected chi connectivity index (χ3v) is 2.15. The molecule has 0 spiro atoms. The smallest absolute Gasteiger partial charge is 0.107 e. The Morgan fingerprint density at radius 3 is 2.25 bits per heavy atom. The molecule has 4 atom stereocenters. The first-order valence-electron chi connectivity index (χ1n) is 3.88. The second-order valence-electron chi connectivity index (χ2n) is 3.18. The number of β-amino-alcohol motifs (C(OH)–C–C–N with tert-alkyl or cyclic N) is 1. The zero-order valence-electron chi connectivity index (χ0n) is 6.97. The van der Waals surface area contributed by atoms with Crippen molar-refractivity contribution in [1.82, 2.24) is 5.32 Å². The molecule has 0 bridgehead atoms. The van der Waals surface area contributed by atoms with Crippen LogP contribution in [0.5, 0.6) is 0 Å². The van der Waals surface area contributed by atoms with Crippen LogP contribution in [-0.2, 0) is 0 Å². The van der Waals surface area contributed by atoms with Crippen LogP contribution in [0.2, 0.25) is 0 Å². The topological polar surface area (TPSA) is 72.7 Å². The zero-order chi connectivity index (χ0) is 8.43. The Kier molecular flexibility index (Phi) is 5.04. The molecule has 1 saturated heterocycles. The van der Waals surface area contributed by atoms with Crippen LogP contribution in [0.25, 0.3) is 0 Å². The minimum absolute atomic E-state index is 0. The van der Waals surface area contributed by atoms with Crippen molar-refractivity contribution >= 4 is 12.4 Å². The third-order valence-electron chi connectivity index (χ3n) is 2.15. The van der Waals surface area contributed by atoms with Crippen LogP contribution in [0, 0.1) is 5.92 Å². The van der Waals surface area contributed by atoms with Crippen LogP contribution in [-0.4, -0.2) is 46.7 Å². The van der Waals surface area contributed by atoms with Gasteiger partial charge in [0.05, 0.1) is 12.2 Å². The molecule has 0 radical (unpaired) electrons. The van der Waals surface area contributed by atoms with Crippen LogP contribution >= 0.6 is 12.4 Å². The molecule has 1 aliphatic heterocycles. The fourth-order valence-corrected chi connectivity index (χ4v) is 1.26. The van der Waals surface area contributed by atoms with Gasteiger partial charge in [-0.15, -0.1) is 12.4 Å². The molecule has 4 nitrogen and oxygen atoms in total. The van der Waals surface area contributed by atoms with Gasteiger partial charge in [-0.05, 0) is 5.92 Å². The van der Waals surface area contributed by atoms with Crippen LogP contribution in [0.4, 0.5) is 0 Å². The number of rotatable bonds is 0. The van der Waals surface area contributed by atoms with Crippen molar-refractivity contribution in [3.05, 3.63) is 0 Å². The summed E-state index contributed by atoms with van der Waals surface area (Å²) < 4.78 is 0. The highest BCUT2D eigenvalue weighted by atomic mass is 35.5. The monoisotopic (exact) mass is 197 g/mol. The highest BCUT2D eigenvalue weighted by Crippen LogP contribution is 2.12. The number of hydrogen-bond donors (Lipinski definition) is 4. The molecule has 0 aromatic rings. The van der Waals surface area contributed by atoms with E-state index < -0.39 is 18.3 Å². The zero-order valence-corrected chi connectivity index (χ0v) is 7.79. The predicted octanol–water partition coefficient (Wildman–Crippen LogP) is -1.27. The Hall–Kier alpha value is 0.130. The van der Waals surface area contributed by atoms with Gasteiger partial charge in [0.1, 0.15) is 6.10 Å². The van der Waals surface area contributed by atoms with Gasteiger partial charge in [-0.3, -0.25) is 0 Å². The lowest BCUT2D eigenvalue weighted by atomic mass is 9.99. The summed E-state index contributed by atoms with van der Waals surface area (Å²) in [4.78, 5) is 0. The highest BCUT2D eigenvalue weighted by Gasteiger charge is 2.31. The maximum Gasteiger partial charge on any atom is 0.107 e. The summed E-state index contributed by atoms with van der Waals surface area (Å²) in [6.07, 6.45) is -2.69. The quantitative estimate of drug-likeness (QED) is 0.391. The van der Waals surface area contributed by atoms with Crippen LogP contribution in [0.1, 0.15) is 6.92 Å². The molecule has 0 saturated carbocycles. The van der Waals surface area contributed by atoms with E-state index in [1.807, 2.05) is 6.92 Å². The summed E-state index contributed by atoms with van der Waals surface area (Å²) in [6.45, 7) is 2.82. The molecule has 0 amide bonds. The summed E-state index contributed by atoms with van der Waals surface area (Å²) in [5.41, 5.74) is 0. The van der Waals surface area contributed by atoms with E-state index in [1.54, 1.807) is 0 Å². The number of hydrogen-bond acceptors (Lipinski definition) is 4. The molecular formula is C7H16ClNO3. The van der Waals surface area contributed by atoms with E-state index in [-0.39, 0.29) is 18.3 Å². The van der Waals surface area contributed by atoms with Crippen LogP contribution in [0.3, 0.4) is 0 Å². The van der Waals surface area contributed by atoms with E-state index in [9.17, 15) is 15.3 Å². The lowest BCUT2D eigenvalue weighted by molar-refractivity contribution is -0.0647.